The van der Waals surface area contributed by atoms with E-state index >= 15 is 0 Å². The Bertz CT molecular complexity index is 783. The van der Waals surface area contributed by atoms with Crippen molar-refractivity contribution in [1.29, 1.82) is 0 Å². The van der Waals surface area contributed by atoms with E-state index in [-0.39, 0.29) is 5.82 Å². The Hall–Kier alpha value is -2.22. The van der Waals surface area contributed by atoms with Gasteiger partial charge < -0.3 is 0 Å². The smallest absolute Gasteiger partial charge is 0.213 e. The second-order valence-electron chi connectivity index (χ2n) is 3.87. The maximum Gasteiger partial charge on any atom is 0.433 e. The van der Waals surface area contributed by atoms with Crippen LogP contribution in [0, 0.1) is 0 Å². The van der Waals surface area contributed by atoms with Gasteiger partial charge in [-0.3, -0.25) is 0 Å². The zero-order chi connectivity index (χ0) is 14.3. The van der Waals surface area contributed by atoms with Gasteiger partial charge in [0.2, 0.25) is 5.28 Å². The van der Waals surface area contributed by atoms with Crippen molar-refractivity contribution in [2.45, 2.75) is 6.18 Å². The van der Waals surface area contributed by atoms with Crippen LogP contribution < -0.4 is 0 Å². The average molecular weight is 300 g/mol. The molecule has 0 aliphatic heterocycles. The number of fused-ring (bicyclic) bond motifs is 1. The Kier molecular flexibility index (Phi) is 2.82. The van der Waals surface area contributed by atoms with Crippen molar-refractivity contribution in [2.24, 2.45) is 0 Å². The zero-order valence-electron chi connectivity index (χ0n) is 9.63. The van der Waals surface area contributed by atoms with Gasteiger partial charge in [-0.2, -0.15) is 22.8 Å². The van der Waals surface area contributed by atoms with E-state index in [2.05, 4.69) is 20.3 Å². The highest BCUT2D eigenvalue weighted by atomic mass is 35.5. The lowest BCUT2D eigenvalue weighted by Gasteiger charge is -2.08. The van der Waals surface area contributed by atoms with Crippen LogP contribution in [0.3, 0.4) is 0 Å². The number of halogens is 4. The minimum atomic E-state index is -4.61. The van der Waals surface area contributed by atoms with E-state index in [4.69, 9.17) is 11.6 Å². The van der Waals surface area contributed by atoms with E-state index in [1.807, 2.05) is 0 Å². The Balaban J connectivity index is 2.22. The lowest BCUT2D eigenvalue weighted by molar-refractivity contribution is -0.141. The monoisotopic (exact) mass is 299 g/mol. The molecule has 2 aromatic heterocycles. The highest BCUT2D eigenvalue weighted by Gasteiger charge is 2.34. The van der Waals surface area contributed by atoms with Gasteiger partial charge in [0.25, 0.3) is 0 Å². The van der Waals surface area contributed by atoms with E-state index in [9.17, 15) is 13.2 Å². The largest absolute Gasteiger partial charge is 0.433 e. The quantitative estimate of drug-likeness (QED) is 0.648. The standard InChI is InChI=1S/C11H5ClF3N5/c12-10-16-8(11(13,14)15)5-9(17-10)20-7-4-2-1-3-6(7)18-19-20/h1-5H. The van der Waals surface area contributed by atoms with Crippen LogP contribution in [0.1, 0.15) is 5.69 Å². The van der Waals surface area contributed by atoms with Crippen LogP contribution in [0.2, 0.25) is 5.28 Å². The molecule has 0 saturated heterocycles. The average Bonchev–Trinajstić information content (AvgIpc) is 2.80. The molecule has 0 amide bonds. The van der Waals surface area contributed by atoms with E-state index < -0.39 is 17.2 Å². The molecule has 5 nitrogen and oxygen atoms in total. The van der Waals surface area contributed by atoms with Gasteiger partial charge in [-0.05, 0) is 23.7 Å². The molecule has 0 aliphatic rings. The Morgan fingerprint density at radius 2 is 1.85 bits per heavy atom. The molecule has 3 aromatic rings. The SMILES string of the molecule is FC(F)(F)c1cc(-n2nnc3ccccc32)nc(Cl)n1. The van der Waals surface area contributed by atoms with Crippen LogP contribution in [-0.4, -0.2) is 25.0 Å². The van der Waals surface area contributed by atoms with Crippen molar-refractivity contribution < 1.29 is 13.2 Å². The third kappa shape index (κ3) is 2.18. The summed E-state index contributed by atoms with van der Waals surface area (Å²) >= 11 is 5.54. The number of para-hydroxylation sites is 1. The third-order valence-corrected chi connectivity index (χ3v) is 2.71. The molecule has 0 radical (unpaired) electrons. The minimum absolute atomic E-state index is 0.0916. The molecular weight excluding hydrogens is 295 g/mol. The van der Waals surface area contributed by atoms with Crippen molar-refractivity contribution in [1.82, 2.24) is 25.0 Å². The number of aromatic nitrogens is 5. The molecule has 0 N–H and O–H groups in total. The van der Waals surface area contributed by atoms with Crippen molar-refractivity contribution >= 4 is 22.6 Å². The first-order valence-electron chi connectivity index (χ1n) is 5.38. The Morgan fingerprint density at radius 1 is 1.10 bits per heavy atom. The van der Waals surface area contributed by atoms with Crippen molar-refractivity contribution in [3.8, 4) is 5.82 Å². The van der Waals surface area contributed by atoms with Gasteiger partial charge in [-0.25, -0.2) is 4.98 Å². The first kappa shape index (κ1) is 12.8. The fourth-order valence-corrected chi connectivity index (χ4v) is 1.88. The van der Waals surface area contributed by atoms with Crippen LogP contribution >= 0.6 is 11.6 Å². The molecule has 3 rings (SSSR count). The summed E-state index contributed by atoms with van der Waals surface area (Å²) in [6, 6.07) is 7.59. The second-order valence-corrected chi connectivity index (χ2v) is 4.21. The number of rotatable bonds is 1. The van der Waals surface area contributed by atoms with Crippen molar-refractivity contribution in [2.75, 3.05) is 0 Å². The maximum absolute atomic E-state index is 12.7. The summed E-state index contributed by atoms with van der Waals surface area (Å²) in [7, 11) is 0. The van der Waals surface area contributed by atoms with Gasteiger partial charge >= 0.3 is 6.18 Å². The Morgan fingerprint density at radius 3 is 2.60 bits per heavy atom. The van der Waals surface area contributed by atoms with E-state index in [0.29, 0.717) is 11.0 Å². The molecule has 0 aliphatic carbocycles. The first-order valence-corrected chi connectivity index (χ1v) is 5.75. The van der Waals surface area contributed by atoms with Crippen LogP contribution in [0.4, 0.5) is 13.2 Å². The maximum atomic E-state index is 12.7. The normalized spacial score (nSPS) is 12.0. The van der Waals surface area contributed by atoms with Gasteiger partial charge in [0.05, 0.1) is 5.52 Å². The number of hydrogen-bond donors (Lipinski definition) is 0. The van der Waals surface area contributed by atoms with Gasteiger partial charge in [0.1, 0.15) is 5.52 Å². The lowest BCUT2D eigenvalue weighted by atomic mass is 10.3. The van der Waals surface area contributed by atoms with Crippen LogP contribution in [-0.2, 0) is 6.18 Å². The molecule has 9 heteroatoms. The molecule has 0 unspecified atom stereocenters. The first-order chi connectivity index (χ1) is 9.45. The summed E-state index contributed by atoms with van der Waals surface area (Å²) in [5, 5.41) is 7.12. The minimum Gasteiger partial charge on any atom is -0.213 e. The number of nitrogens with zero attached hydrogens (tertiary/aromatic N) is 5. The van der Waals surface area contributed by atoms with Gasteiger partial charge in [-0.1, -0.05) is 17.3 Å². The highest BCUT2D eigenvalue weighted by Crippen LogP contribution is 2.29. The summed E-state index contributed by atoms with van der Waals surface area (Å²) in [5.41, 5.74) is -0.0711. The molecule has 20 heavy (non-hydrogen) atoms. The third-order valence-electron chi connectivity index (χ3n) is 2.54. The molecule has 0 bridgehead atoms. The summed E-state index contributed by atoms with van der Waals surface area (Å²) in [5.74, 6) is -0.0916. The van der Waals surface area contributed by atoms with Crippen molar-refractivity contribution in [3.63, 3.8) is 0 Å². The molecule has 1 aromatic carbocycles. The predicted octanol–water partition coefficient (Wildman–Crippen LogP) is 2.88. The van der Waals surface area contributed by atoms with Crippen LogP contribution in [0.25, 0.3) is 16.9 Å². The van der Waals surface area contributed by atoms with Crippen LogP contribution in [0.5, 0.6) is 0 Å². The molecular formula is C11H5ClF3N5. The zero-order valence-corrected chi connectivity index (χ0v) is 10.4. The van der Waals surface area contributed by atoms with Crippen LogP contribution in [0.15, 0.2) is 30.3 Å². The van der Waals surface area contributed by atoms with E-state index in [1.54, 1.807) is 24.3 Å². The second kappa shape index (κ2) is 4.41. The van der Waals surface area contributed by atoms with E-state index in [1.165, 1.54) is 4.68 Å². The summed E-state index contributed by atoms with van der Waals surface area (Å²) in [6.07, 6.45) is -4.61. The number of hydrogen-bond acceptors (Lipinski definition) is 4. The summed E-state index contributed by atoms with van der Waals surface area (Å²) < 4.78 is 39.3. The topological polar surface area (TPSA) is 56.5 Å². The molecule has 0 atom stereocenters. The van der Waals surface area contributed by atoms with E-state index in [0.717, 1.165) is 6.07 Å². The predicted molar refractivity (Wildman–Crippen MR) is 64.5 cm³/mol. The molecule has 0 spiro atoms. The van der Waals surface area contributed by atoms with Crippen molar-refractivity contribution in [3.05, 3.63) is 41.3 Å². The molecule has 102 valence electrons. The molecule has 0 fully saturated rings. The number of benzene rings is 1. The molecule has 0 saturated carbocycles. The molecule has 2 heterocycles. The fourth-order valence-electron chi connectivity index (χ4n) is 1.70. The Labute approximate surface area is 115 Å². The summed E-state index contributed by atoms with van der Waals surface area (Å²) in [4.78, 5) is 6.92. The van der Waals surface area contributed by atoms with Gasteiger partial charge in [0.15, 0.2) is 11.5 Å². The number of alkyl halides is 3. The van der Waals surface area contributed by atoms with Gasteiger partial charge in [0, 0.05) is 6.07 Å². The fraction of sp³-hybridized carbons (Fsp3) is 0.0909. The highest BCUT2D eigenvalue weighted by molar-refractivity contribution is 6.28. The summed E-state index contributed by atoms with van der Waals surface area (Å²) in [6.45, 7) is 0. The van der Waals surface area contributed by atoms with Gasteiger partial charge in [-0.15, -0.1) is 5.10 Å². The lowest BCUT2D eigenvalue weighted by Crippen LogP contribution is -2.11.